The molecule has 2 N–H and O–H groups in total. The Hall–Kier alpha value is -2.97. The van der Waals surface area contributed by atoms with Crippen LogP contribution >= 0.6 is 11.3 Å². The summed E-state index contributed by atoms with van der Waals surface area (Å²) in [6, 6.07) is 17.3. The lowest BCUT2D eigenvalue weighted by Gasteiger charge is -2.32. The predicted molar refractivity (Wildman–Crippen MR) is 126 cm³/mol. The fourth-order valence-electron chi connectivity index (χ4n) is 3.78. The molecule has 0 saturated carbocycles. The fraction of sp³-hybridized carbons (Fsp3) is 0.348. The highest BCUT2D eigenvalue weighted by molar-refractivity contribution is 7.22. The number of carbonyl (C=O) groups excluding carboxylic acids is 2. The smallest absolute Gasteiger partial charge is 0.319 e. The van der Waals surface area contributed by atoms with Gasteiger partial charge in [0, 0.05) is 31.4 Å². The highest BCUT2D eigenvalue weighted by atomic mass is 32.1. The number of rotatable bonds is 6. The molecule has 162 valence electrons. The predicted octanol–water partition coefficient (Wildman–Crippen LogP) is 3.94. The summed E-state index contributed by atoms with van der Waals surface area (Å²) in [5.41, 5.74) is 1.70. The van der Waals surface area contributed by atoms with Crippen molar-refractivity contribution in [3.05, 3.63) is 54.6 Å². The van der Waals surface area contributed by atoms with Crippen molar-refractivity contribution in [3.63, 3.8) is 0 Å². The number of piperidine rings is 1. The van der Waals surface area contributed by atoms with Gasteiger partial charge in [-0.05, 0) is 44.0 Å². The van der Waals surface area contributed by atoms with Crippen LogP contribution in [-0.4, -0.2) is 54.0 Å². The molecule has 2 aromatic carbocycles. The van der Waals surface area contributed by atoms with Crippen LogP contribution in [0, 0.1) is 0 Å². The molecule has 1 aliphatic rings. The van der Waals surface area contributed by atoms with Gasteiger partial charge >= 0.3 is 6.03 Å². The molecule has 2 heterocycles. The topological polar surface area (TPSA) is 77.6 Å². The van der Waals surface area contributed by atoms with Gasteiger partial charge in [0.05, 0.1) is 16.8 Å². The van der Waals surface area contributed by atoms with Gasteiger partial charge in [0.25, 0.3) is 0 Å². The summed E-state index contributed by atoms with van der Waals surface area (Å²) in [5.74, 6) is 0.0646. The average molecular weight is 438 g/mol. The summed E-state index contributed by atoms with van der Waals surface area (Å²) in [6.45, 7) is 4.49. The number of likely N-dealkylation sites (N-methyl/N-ethyl adjacent to an activating group) is 1. The van der Waals surface area contributed by atoms with Crippen LogP contribution < -0.4 is 15.5 Å². The van der Waals surface area contributed by atoms with Crippen molar-refractivity contribution in [3.8, 4) is 0 Å². The number of nitrogens with zero attached hydrogens (tertiary/aromatic N) is 3. The second kappa shape index (κ2) is 9.89. The van der Waals surface area contributed by atoms with E-state index in [-0.39, 0.29) is 18.0 Å². The molecule has 7 nitrogen and oxygen atoms in total. The number of amides is 3. The minimum atomic E-state index is -0.186. The maximum Gasteiger partial charge on any atom is 0.319 e. The van der Waals surface area contributed by atoms with Crippen molar-refractivity contribution in [2.75, 3.05) is 36.4 Å². The zero-order valence-corrected chi connectivity index (χ0v) is 18.4. The van der Waals surface area contributed by atoms with Crippen molar-refractivity contribution in [2.24, 2.45) is 0 Å². The maximum absolute atomic E-state index is 13.0. The third-order valence-electron chi connectivity index (χ3n) is 5.44. The van der Waals surface area contributed by atoms with E-state index in [0.29, 0.717) is 13.1 Å². The summed E-state index contributed by atoms with van der Waals surface area (Å²) in [7, 11) is 0. The Morgan fingerprint density at radius 1 is 1.10 bits per heavy atom. The standard InChI is InChI=1S/C23H27N5O2S/c1-2-28(23-26-19-10-6-7-11-20(19)31-23)21(29)16-27-14-12-18(13-15-27)25-22(30)24-17-8-4-3-5-9-17/h3-11,18H,2,12-16H2,1H3,(H2,24,25,30). The van der Waals surface area contributed by atoms with Crippen molar-refractivity contribution < 1.29 is 9.59 Å². The second-order valence-electron chi connectivity index (χ2n) is 7.62. The Morgan fingerprint density at radius 2 is 1.81 bits per heavy atom. The van der Waals surface area contributed by atoms with E-state index < -0.39 is 0 Å². The quantitative estimate of drug-likeness (QED) is 0.612. The Morgan fingerprint density at radius 3 is 2.52 bits per heavy atom. The summed E-state index contributed by atoms with van der Waals surface area (Å²) >= 11 is 1.55. The number of fused-ring (bicyclic) bond motifs is 1. The Bertz CT molecular complexity index is 998. The molecule has 1 saturated heterocycles. The molecule has 0 spiro atoms. The fourth-order valence-corrected chi connectivity index (χ4v) is 4.83. The van der Waals surface area contributed by atoms with Gasteiger partial charge in [-0.15, -0.1) is 0 Å². The van der Waals surface area contributed by atoms with Crippen LogP contribution in [0.5, 0.6) is 0 Å². The number of anilines is 2. The molecule has 1 aromatic heterocycles. The molecule has 3 amide bonds. The lowest BCUT2D eigenvalue weighted by Crippen LogP contribution is -2.48. The van der Waals surface area contributed by atoms with E-state index in [1.807, 2.05) is 61.5 Å². The zero-order chi connectivity index (χ0) is 21.6. The van der Waals surface area contributed by atoms with E-state index in [9.17, 15) is 9.59 Å². The first kappa shape index (κ1) is 21.3. The molecule has 4 rings (SSSR count). The van der Waals surface area contributed by atoms with Gasteiger partial charge in [-0.25, -0.2) is 9.78 Å². The second-order valence-corrected chi connectivity index (χ2v) is 8.63. The van der Waals surface area contributed by atoms with E-state index in [0.717, 1.165) is 47.0 Å². The molecule has 3 aromatic rings. The summed E-state index contributed by atoms with van der Waals surface area (Å²) in [6.07, 6.45) is 1.64. The molecule has 0 unspecified atom stereocenters. The number of aromatic nitrogens is 1. The first-order chi connectivity index (χ1) is 15.1. The molecule has 0 atom stereocenters. The number of carbonyl (C=O) groups is 2. The molecule has 0 bridgehead atoms. The van der Waals surface area contributed by atoms with Gasteiger partial charge in [0.1, 0.15) is 0 Å². The van der Waals surface area contributed by atoms with Gasteiger partial charge < -0.3 is 10.6 Å². The van der Waals surface area contributed by atoms with Gasteiger partial charge in [-0.3, -0.25) is 14.6 Å². The largest absolute Gasteiger partial charge is 0.335 e. The van der Waals surface area contributed by atoms with E-state index >= 15 is 0 Å². The Balaban J connectivity index is 1.26. The number of para-hydroxylation sites is 2. The summed E-state index contributed by atoms with van der Waals surface area (Å²) < 4.78 is 1.09. The molecule has 8 heteroatoms. The van der Waals surface area contributed by atoms with Crippen molar-refractivity contribution in [1.82, 2.24) is 15.2 Å². The lowest BCUT2D eigenvalue weighted by molar-refractivity contribution is -0.120. The normalized spacial score (nSPS) is 15.0. The number of urea groups is 1. The summed E-state index contributed by atoms with van der Waals surface area (Å²) in [4.78, 5) is 33.7. The molecule has 0 aliphatic carbocycles. The van der Waals surface area contributed by atoms with Crippen LogP contribution in [0.4, 0.5) is 15.6 Å². The van der Waals surface area contributed by atoms with Crippen LogP contribution in [0.1, 0.15) is 19.8 Å². The average Bonchev–Trinajstić information content (AvgIpc) is 3.20. The highest BCUT2D eigenvalue weighted by Crippen LogP contribution is 2.28. The van der Waals surface area contributed by atoms with Crippen LogP contribution in [-0.2, 0) is 4.79 Å². The number of benzene rings is 2. The highest BCUT2D eigenvalue weighted by Gasteiger charge is 2.25. The first-order valence-electron chi connectivity index (χ1n) is 10.6. The number of nitrogens with one attached hydrogen (secondary N) is 2. The molecule has 1 fully saturated rings. The SMILES string of the molecule is CCN(C(=O)CN1CCC(NC(=O)Nc2ccccc2)CC1)c1nc2ccccc2s1. The van der Waals surface area contributed by atoms with Crippen LogP contribution in [0.2, 0.25) is 0 Å². The number of hydrogen-bond acceptors (Lipinski definition) is 5. The van der Waals surface area contributed by atoms with Crippen LogP contribution in [0.15, 0.2) is 54.6 Å². The van der Waals surface area contributed by atoms with Crippen LogP contribution in [0.3, 0.4) is 0 Å². The Kier molecular flexibility index (Phi) is 6.79. The lowest BCUT2D eigenvalue weighted by atomic mass is 10.1. The summed E-state index contributed by atoms with van der Waals surface area (Å²) in [5, 5.41) is 6.64. The van der Waals surface area contributed by atoms with Gasteiger partial charge in [-0.2, -0.15) is 0 Å². The van der Waals surface area contributed by atoms with E-state index in [4.69, 9.17) is 0 Å². The van der Waals surface area contributed by atoms with Crippen molar-refractivity contribution in [2.45, 2.75) is 25.8 Å². The van der Waals surface area contributed by atoms with Crippen molar-refractivity contribution in [1.29, 1.82) is 0 Å². The number of hydrogen-bond donors (Lipinski definition) is 2. The van der Waals surface area contributed by atoms with Crippen molar-refractivity contribution >= 4 is 44.3 Å². The zero-order valence-electron chi connectivity index (χ0n) is 17.6. The van der Waals surface area contributed by atoms with Gasteiger partial charge in [-0.1, -0.05) is 41.7 Å². The minimum absolute atomic E-state index is 0.0646. The van der Waals surface area contributed by atoms with Crippen LogP contribution in [0.25, 0.3) is 10.2 Å². The third kappa shape index (κ3) is 5.39. The molecular weight excluding hydrogens is 410 g/mol. The molecule has 1 aliphatic heterocycles. The Labute approximate surface area is 186 Å². The van der Waals surface area contributed by atoms with E-state index in [1.165, 1.54) is 0 Å². The number of thiazole rings is 1. The van der Waals surface area contributed by atoms with Gasteiger partial charge in [0.2, 0.25) is 5.91 Å². The molecule has 31 heavy (non-hydrogen) atoms. The molecule has 0 radical (unpaired) electrons. The van der Waals surface area contributed by atoms with E-state index in [2.05, 4.69) is 20.5 Å². The third-order valence-corrected chi connectivity index (χ3v) is 6.50. The maximum atomic E-state index is 13.0. The van der Waals surface area contributed by atoms with Gasteiger partial charge in [0.15, 0.2) is 5.13 Å². The number of likely N-dealkylation sites (tertiary alicyclic amines) is 1. The first-order valence-corrected chi connectivity index (χ1v) is 11.4. The monoisotopic (exact) mass is 437 g/mol. The minimum Gasteiger partial charge on any atom is -0.335 e. The van der Waals surface area contributed by atoms with E-state index in [1.54, 1.807) is 16.2 Å². The molecular formula is C23H27N5O2S.